The second-order valence-corrected chi connectivity index (χ2v) is 12.5. The van der Waals surface area contributed by atoms with Crippen LogP contribution in [-0.4, -0.2) is 35.2 Å². The van der Waals surface area contributed by atoms with Gasteiger partial charge in [-0.15, -0.1) is 0 Å². The first-order chi connectivity index (χ1) is 21.4. The molecule has 0 bridgehead atoms. The number of carbonyl (C=O) groups is 2. The molecule has 0 saturated carbocycles. The van der Waals surface area contributed by atoms with Gasteiger partial charge in [-0.1, -0.05) is 24.1 Å². The van der Waals surface area contributed by atoms with Gasteiger partial charge in [0.1, 0.15) is 5.75 Å². The van der Waals surface area contributed by atoms with E-state index in [1.807, 2.05) is 32.1 Å². The van der Waals surface area contributed by atoms with Gasteiger partial charge in [0.15, 0.2) is 0 Å². The van der Waals surface area contributed by atoms with E-state index in [4.69, 9.17) is 4.65 Å². The minimum atomic E-state index is -5.15. The Morgan fingerprint density at radius 1 is 0.978 bits per heavy atom. The number of alkyl halides is 6. The van der Waals surface area contributed by atoms with E-state index in [0.717, 1.165) is 33.4 Å². The molecule has 5 rings (SSSR count). The van der Waals surface area contributed by atoms with Gasteiger partial charge in [-0.05, 0) is 111 Å². The van der Waals surface area contributed by atoms with Crippen molar-refractivity contribution >= 4 is 30.7 Å². The molecule has 46 heavy (non-hydrogen) atoms. The number of anilines is 1. The van der Waals surface area contributed by atoms with Crippen molar-refractivity contribution in [1.82, 2.24) is 0 Å². The Balaban J connectivity index is 1.45. The van der Waals surface area contributed by atoms with Crippen molar-refractivity contribution in [2.75, 3.05) is 4.90 Å². The number of hydrogen-bond donors (Lipinski definition) is 2. The average molecular weight is 649 g/mol. The minimum absolute atomic E-state index is 0.0410. The SMILES string of the molecule is CCC1=C2[C@@H](CC/C(C)=C/c3cc(C)c(O)c(C)c3)OB(O)C[C@@H]2[C@@H]2C(=O)N(c3cc(C(F)(F)F)cc(C(F)(F)F)c3)C(=O)[C@@H]2C1. The highest BCUT2D eigenvalue weighted by atomic mass is 19.4. The number of nitrogens with zero attached hydrogens (tertiary/aromatic N) is 1. The molecule has 3 aliphatic rings. The van der Waals surface area contributed by atoms with Gasteiger partial charge in [0.2, 0.25) is 11.8 Å². The number of carbonyl (C=O) groups excluding carboxylic acids is 2. The maximum absolute atomic E-state index is 13.9. The minimum Gasteiger partial charge on any atom is -0.507 e. The summed E-state index contributed by atoms with van der Waals surface area (Å²) in [7, 11) is -1.29. The Kier molecular flexibility index (Phi) is 8.97. The topological polar surface area (TPSA) is 87.1 Å². The zero-order valence-corrected chi connectivity index (χ0v) is 25.7. The van der Waals surface area contributed by atoms with Crippen LogP contribution < -0.4 is 4.90 Å². The number of rotatable bonds is 6. The number of phenolic OH excluding ortho intramolecular Hbond substituents is 1. The van der Waals surface area contributed by atoms with Crippen LogP contribution in [0.2, 0.25) is 6.32 Å². The van der Waals surface area contributed by atoms with Gasteiger partial charge < -0.3 is 14.8 Å². The molecule has 2 aromatic rings. The predicted octanol–water partition coefficient (Wildman–Crippen LogP) is 7.64. The second kappa shape index (κ2) is 12.2. The first-order valence-corrected chi connectivity index (χ1v) is 15.1. The molecule has 2 N–H and O–H groups in total. The highest BCUT2D eigenvalue weighted by Gasteiger charge is 2.57. The molecule has 0 radical (unpaired) electrons. The van der Waals surface area contributed by atoms with Gasteiger partial charge >= 0.3 is 19.5 Å². The van der Waals surface area contributed by atoms with Crippen LogP contribution in [0.5, 0.6) is 5.75 Å². The Bertz CT molecular complexity index is 1580. The van der Waals surface area contributed by atoms with Crippen LogP contribution in [0.4, 0.5) is 32.0 Å². The molecule has 2 heterocycles. The van der Waals surface area contributed by atoms with Crippen molar-refractivity contribution in [1.29, 1.82) is 0 Å². The van der Waals surface area contributed by atoms with Crippen LogP contribution >= 0.6 is 0 Å². The fourth-order valence-corrected chi connectivity index (χ4v) is 7.21. The third kappa shape index (κ3) is 6.36. The van der Waals surface area contributed by atoms with Crippen molar-refractivity contribution < 1.29 is 50.7 Å². The first kappa shape index (κ1) is 33.8. The van der Waals surface area contributed by atoms with Crippen LogP contribution in [-0.2, 0) is 26.6 Å². The summed E-state index contributed by atoms with van der Waals surface area (Å²) >= 11 is 0. The van der Waals surface area contributed by atoms with Crippen LogP contribution in [0.25, 0.3) is 6.08 Å². The molecule has 2 fully saturated rings. The number of hydrogen-bond acceptors (Lipinski definition) is 5. The molecule has 0 spiro atoms. The fourth-order valence-electron chi connectivity index (χ4n) is 7.21. The molecule has 0 aromatic heterocycles. The van der Waals surface area contributed by atoms with Gasteiger partial charge in [-0.25, -0.2) is 4.90 Å². The summed E-state index contributed by atoms with van der Waals surface area (Å²) in [6.07, 6.45) is -7.42. The molecular weight excluding hydrogens is 615 g/mol. The van der Waals surface area contributed by atoms with E-state index in [1.165, 1.54) is 0 Å². The summed E-state index contributed by atoms with van der Waals surface area (Å²) < 4.78 is 87.6. The quantitative estimate of drug-likeness (QED) is 0.145. The lowest BCUT2D eigenvalue weighted by Gasteiger charge is -2.43. The highest BCUT2D eigenvalue weighted by molar-refractivity contribution is 6.43. The molecule has 2 aromatic carbocycles. The summed E-state index contributed by atoms with van der Waals surface area (Å²) in [6, 6.07) is 4.46. The number of phenols is 1. The molecular formula is C33H34BF6NO5. The summed E-state index contributed by atoms with van der Waals surface area (Å²) in [5.74, 6) is -4.25. The largest absolute Gasteiger partial charge is 0.507 e. The number of aromatic hydroxyl groups is 1. The van der Waals surface area contributed by atoms with Crippen LogP contribution in [0.15, 0.2) is 47.1 Å². The number of imide groups is 1. The second-order valence-electron chi connectivity index (χ2n) is 12.5. The molecule has 2 aliphatic heterocycles. The Morgan fingerprint density at radius 3 is 2.11 bits per heavy atom. The van der Waals surface area contributed by atoms with E-state index in [-0.39, 0.29) is 24.6 Å². The first-order valence-electron chi connectivity index (χ1n) is 15.1. The van der Waals surface area contributed by atoms with E-state index in [1.54, 1.807) is 13.8 Å². The monoisotopic (exact) mass is 649 g/mol. The molecule has 13 heteroatoms. The number of halogens is 6. The lowest BCUT2D eigenvalue weighted by molar-refractivity contribution is -0.143. The van der Waals surface area contributed by atoms with Gasteiger partial charge in [-0.3, -0.25) is 9.59 Å². The van der Waals surface area contributed by atoms with Crippen LogP contribution in [0.1, 0.15) is 67.3 Å². The van der Waals surface area contributed by atoms with Crippen molar-refractivity contribution in [3.63, 3.8) is 0 Å². The van der Waals surface area contributed by atoms with Crippen molar-refractivity contribution in [3.05, 3.63) is 74.9 Å². The Hall–Kier alpha value is -3.58. The van der Waals surface area contributed by atoms with E-state index in [0.29, 0.717) is 36.3 Å². The Labute approximate surface area is 262 Å². The van der Waals surface area contributed by atoms with E-state index in [9.17, 15) is 46.1 Å². The standard InChI is InChI=1S/C33H34BF6NO5/c1-5-20-11-24-28(31(44)41(30(24)43)23-13-21(32(35,36)37)12-22(14-23)33(38,39)40)25-15-34(45)46-26(27(20)25)7-6-16(2)8-19-9-17(3)29(42)18(4)10-19/h8-10,12-14,24-26,28,42,45H,5-7,11,15H2,1-4H3/b16-8+/t24-,25+,26-,28-/m1/s1. The molecule has 246 valence electrons. The third-order valence-corrected chi connectivity index (χ3v) is 9.29. The third-order valence-electron chi connectivity index (χ3n) is 9.29. The highest BCUT2D eigenvalue weighted by Crippen LogP contribution is 2.52. The van der Waals surface area contributed by atoms with Gasteiger partial charge in [0, 0.05) is 0 Å². The number of allylic oxidation sites excluding steroid dienone is 2. The maximum atomic E-state index is 13.9. The lowest BCUT2D eigenvalue weighted by Crippen LogP contribution is -2.46. The zero-order chi connectivity index (χ0) is 33.9. The molecule has 2 amide bonds. The van der Waals surface area contributed by atoms with E-state index >= 15 is 0 Å². The van der Waals surface area contributed by atoms with Crippen LogP contribution in [0.3, 0.4) is 0 Å². The Morgan fingerprint density at radius 2 is 1.57 bits per heavy atom. The smallest absolute Gasteiger partial charge is 0.455 e. The molecule has 1 aliphatic carbocycles. The van der Waals surface area contributed by atoms with Crippen LogP contribution in [0, 0.1) is 31.6 Å². The normalized spacial score (nSPS) is 24.1. The summed E-state index contributed by atoms with van der Waals surface area (Å²) in [5, 5.41) is 20.8. The van der Waals surface area contributed by atoms with Gasteiger partial charge in [-0.2, -0.15) is 26.3 Å². The number of benzene rings is 2. The molecule has 6 nitrogen and oxygen atoms in total. The van der Waals surface area contributed by atoms with Crippen molar-refractivity contribution in [2.24, 2.45) is 17.8 Å². The lowest BCUT2D eigenvalue weighted by atomic mass is 9.58. The summed E-state index contributed by atoms with van der Waals surface area (Å²) in [6.45, 7) is 7.41. The van der Waals surface area contributed by atoms with Gasteiger partial charge in [0.25, 0.3) is 0 Å². The number of fused-ring (bicyclic) bond motifs is 3. The van der Waals surface area contributed by atoms with Crippen molar-refractivity contribution in [2.45, 2.75) is 78.2 Å². The zero-order valence-electron chi connectivity index (χ0n) is 25.7. The number of aryl methyl sites for hydroxylation is 2. The maximum Gasteiger partial charge on any atom is 0.455 e. The molecule has 0 unspecified atom stereocenters. The summed E-state index contributed by atoms with van der Waals surface area (Å²) in [5.41, 5.74) is 0.932. The molecule has 2 saturated heterocycles. The summed E-state index contributed by atoms with van der Waals surface area (Å²) in [4.78, 5) is 27.9. The van der Waals surface area contributed by atoms with E-state index < -0.39 is 72.0 Å². The molecule has 4 atom stereocenters. The average Bonchev–Trinajstić information content (AvgIpc) is 3.21. The number of amides is 2. The van der Waals surface area contributed by atoms with Crippen molar-refractivity contribution in [3.8, 4) is 5.75 Å². The van der Waals surface area contributed by atoms with E-state index in [2.05, 4.69) is 0 Å². The van der Waals surface area contributed by atoms with Gasteiger partial charge in [0.05, 0.1) is 34.8 Å². The predicted molar refractivity (Wildman–Crippen MR) is 159 cm³/mol. The fraction of sp³-hybridized carbons (Fsp3) is 0.455.